The standard InChI is InChI=1S/C18H21N3O3.ClH/c1-24-16-7-3-2-6-14(16)15-12-19-9-11-21(15)18(23)13-20-10-5-4-8-17(20)22;/h2-8,10,15,19H,9,11-13H2,1H3;1H. The second-order valence-corrected chi connectivity index (χ2v) is 5.72. The number of carbonyl (C=O) groups is 1. The number of halogens is 1. The van der Waals surface area contributed by atoms with Crippen molar-refractivity contribution in [2.75, 3.05) is 26.7 Å². The van der Waals surface area contributed by atoms with Crippen LogP contribution in [0.5, 0.6) is 5.75 Å². The first kappa shape index (κ1) is 19.0. The molecule has 1 aromatic carbocycles. The van der Waals surface area contributed by atoms with E-state index in [1.807, 2.05) is 29.2 Å². The molecule has 0 saturated carbocycles. The number of methoxy groups -OCH3 is 1. The highest BCUT2D eigenvalue weighted by molar-refractivity contribution is 5.85. The Bertz CT molecular complexity index is 778. The van der Waals surface area contributed by atoms with Crippen LogP contribution in [0.3, 0.4) is 0 Å². The van der Waals surface area contributed by atoms with Gasteiger partial charge >= 0.3 is 0 Å². The quantitative estimate of drug-likeness (QED) is 0.893. The monoisotopic (exact) mass is 363 g/mol. The van der Waals surface area contributed by atoms with Gasteiger partial charge in [-0.2, -0.15) is 0 Å². The fraction of sp³-hybridized carbons (Fsp3) is 0.333. The summed E-state index contributed by atoms with van der Waals surface area (Å²) in [5.41, 5.74) is 0.802. The maximum absolute atomic E-state index is 12.8. The zero-order chi connectivity index (χ0) is 16.9. The van der Waals surface area contributed by atoms with E-state index in [0.717, 1.165) is 17.9 Å². The van der Waals surface area contributed by atoms with Gasteiger partial charge < -0.3 is 19.5 Å². The summed E-state index contributed by atoms with van der Waals surface area (Å²) >= 11 is 0. The lowest BCUT2D eigenvalue weighted by Crippen LogP contribution is -2.50. The molecule has 1 unspecified atom stereocenters. The number of rotatable bonds is 4. The highest BCUT2D eigenvalue weighted by atomic mass is 35.5. The molecule has 134 valence electrons. The van der Waals surface area contributed by atoms with Gasteiger partial charge in [0.25, 0.3) is 5.56 Å². The summed E-state index contributed by atoms with van der Waals surface area (Å²) in [6.45, 7) is 2.05. The minimum Gasteiger partial charge on any atom is -0.496 e. The molecule has 1 amide bonds. The molecule has 0 spiro atoms. The molecule has 1 aliphatic heterocycles. The summed E-state index contributed by atoms with van der Waals surface area (Å²) < 4.78 is 6.88. The SMILES string of the molecule is COc1ccccc1C1CNCCN1C(=O)Cn1ccccc1=O.Cl. The number of benzene rings is 1. The van der Waals surface area contributed by atoms with Crippen LogP contribution in [0.15, 0.2) is 53.5 Å². The summed E-state index contributed by atoms with van der Waals surface area (Å²) in [4.78, 5) is 26.5. The van der Waals surface area contributed by atoms with E-state index in [2.05, 4.69) is 5.32 Å². The van der Waals surface area contributed by atoms with Crippen molar-refractivity contribution in [3.63, 3.8) is 0 Å². The zero-order valence-corrected chi connectivity index (χ0v) is 14.9. The topological polar surface area (TPSA) is 63.6 Å². The molecule has 0 radical (unpaired) electrons. The van der Waals surface area contributed by atoms with Crippen LogP contribution in [0.2, 0.25) is 0 Å². The van der Waals surface area contributed by atoms with Crippen LogP contribution in [-0.2, 0) is 11.3 Å². The third-order valence-electron chi connectivity index (χ3n) is 4.27. The third kappa shape index (κ3) is 4.21. The number of aromatic nitrogens is 1. The van der Waals surface area contributed by atoms with Crippen molar-refractivity contribution >= 4 is 18.3 Å². The maximum atomic E-state index is 12.8. The van der Waals surface area contributed by atoms with Crippen molar-refractivity contribution in [2.24, 2.45) is 0 Å². The van der Waals surface area contributed by atoms with E-state index in [1.165, 1.54) is 10.6 Å². The van der Waals surface area contributed by atoms with E-state index in [1.54, 1.807) is 25.4 Å². The Hall–Kier alpha value is -2.31. The van der Waals surface area contributed by atoms with Gasteiger partial charge in [0.1, 0.15) is 12.3 Å². The van der Waals surface area contributed by atoms with Crippen molar-refractivity contribution in [1.29, 1.82) is 0 Å². The number of nitrogens with zero attached hydrogens (tertiary/aromatic N) is 2. The molecule has 7 heteroatoms. The van der Waals surface area contributed by atoms with E-state index in [0.29, 0.717) is 13.1 Å². The van der Waals surface area contributed by atoms with Gasteiger partial charge in [-0.1, -0.05) is 24.3 Å². The highest BCUT2D eigenvalue weighted by Crippen LogP contribution is 2.30. The largest absolute Gasteiger partial charge is 0.496 e. The van der Waals surface area contributed by atoms with Crippen LogP contribution in [0, 0.1) is 0 Å². The van der Waals surface area contributed by atoms with Gasteiger partial charge in [0, 0.05) is 37.5 Å². The van der Waals surface area contributed by atoms with Crippen LogP contribution < -0.4 is 15.6 Å². The molecule has 1 fully saturated rings. The Kier molecular flexibility index (Phi) is 6.61. The average molecular weight is 364 g/mol. The number of para-hydroxylation sites is 1. The van der Waals surface area contributed by atoms with E-state index >= 15 is 0 Å². The van der Waals surface area contributed by atoms with E-state index < -0.39 is 0 Å². The molecule has 1 aromatic heterocycles. The molecule has 0 bridgehead atoms. The number of pyridine rings is 1. The van der Waals surface area contributed by atoms with Crippen molar-refractivity contribution in [3.05, 3.63) is 64.6 Å². The number of amides is 1. The van der Waals surface area contributed by atoms with Gasteiger partial charge in [0.05, 0.1) is 13.2 Å². The molecule has 6 nitrogen and oxygen atoms in total. The lowest BCUT2D eigenvalue weighted by molar-refractivity contribution is -0.135. The summed E-state index contributed by atoms with van der Waals surface area (Å²) in [6, 6.07) is 12.5. The van der Waals surface area contributed by atoms with E-state index in [-0.39, 0.29) is 36.5 Å². The van der Waals surface area contributed by atoms with Gasteiger partial charge in [0.15, 0.2) is 0 Å². The van der Waals surface area contributed by atoms with Crippen LogP contribution >= 0.6 is 12.4 Å². The predicted octanol–water partition coefficient (Wildman–Crippen LogP) is 1.45. The molecule has 0 aliphatic carbocycles. The minimum atomic E-state index is -0.171. The van der Waals surface area contributed by atoms with Crippen LogP contribution in [0.1, 0.15) is 11.6 Å². The molecule has 1 N–H and O–H groups in total. The van der Waals surface area contributed by atoms with E-state index in [9.17, 15) is 9.59 Å². The number of carbonyl (C=O) groups excluding carboxylic acids is 1. The lowest BCUT2D eigenvalue weighted by atomic mass is 10.0. The number of ether oxygens (including phenoxy) is 1. The molecule has 25 heavy (non-hydrogen) atoms. The Morgan fingerprint density at radius 2 is 2.00 bits per heavy atom. The third-order valence-corrected chi connectivity index (χ3v) is 4.27. The van der Waals surface area contributed by atoms with Gasteiger partial charge in [-0.15, -0.1) is 12.4 Å². The number of piperazine rings is 1. The van der Waals surface area contributed by atoms with Crippen LogP contribution in [0.25, 0.3) is 0 Å². The minimum absolute atomic E-state index is 0. The lowest BCUT2D eigenvalue weighted by Gasteiger charge is -2.37. The molecular formula is C18H22ClN3O3. The summed E-state index contributed by atoms with van der Waals surface area (Å²) in [5.74, 6) is 0.696. The molecular weight excluding hydrogens is 342 g/mol. The Labute approximate surface area is 152 Å². The predicted molar refractivity (Wildman–Crippen MR) is 98.3 cm³/mol. The van der Waals surface area contributed by atoms with Gasteiger partial charge in [-0.25, -0.2) is 0 Å². The Morgan fingerprint density at radius 3 is 2.76 bits per heavy atom. The van der Waals surface area contributed by atoms with Crippen LogP contribution in [0.4, 0.5) is 0 Å². The summed E-state index contributed by atoms with van der Waals surface area (Å²) in [6.07, 6.45) is 1.64. The summed E-state index contributed by atoms with van der Waals surface area (Å²) in [5, 5.41) is 3.33. The van der Waals surface area contributed by atoms with Crippen molar-refractivity contribution in [3.8, 4) is 5.75 Å². The normalized spacial score (nSPS) is 16.8. The fourth-order valence-corrected chi connectivity index (χ4v) is 3.05. The maximum Gasteiger partial charge on any atom is 0.250 e. The fourth-order valence-electron chi connectivity index (χ4n) is 3.05. The molecule has 2 aromatic rings. The van der Waals surface area contributed by atoms with Gasteiger partial charge in [-0.05, 0) is 12.1 Å². The first-order valence-corrected chi connectivity index (χ1v) is 7.99. The molecule has 1 saturated heterocycles. The number of nitrogens with one attached hydrogen (secondary N) is 1. The average Bonchev–Trinajstić information content (AvgIpc) is 2.63. The van der Waals surface area contributed by atoms with E-state index in [4.69, 9.17) is 4.74 Å². The van der Waals surface area contributed by atoms with Crippen LogP contribution in [-0.4, -0.2) is 42.1 Å². The molecule has 2 heterocycles. The van der Waals surface area contributed by atoms with Gasteiger partial charge in [-0.3, -0.25) is 9.59 Å². The molecule has 1 atom stereocenters. The van der Waals surface area contributed by atoms with Crippen molar-refractivity contribution < 1.29 is 9.53 Å². The first-order chi connectivity index (χ1) is 11.7. The molecule has 3 rings (SSSR count). The second kappa shape index (κ2) is 8.69. The van der Waals surface area contributed by atoms with Crippen molar-refractivity contribution in [1.82, 2.24) is 14.8 Å². The number of hydrogen-bond acceptors (Lipinski definition) is 4. The second-order valence-electron chi connectivity index (χ2n) is 5.72. The smallest absolute Gasteiger partial charge is 0.250 e. The number of hydrogen-bond donors (Lipinski definition) is 1. The Balaban J connectivity index is 0.00000225. The highest BCUT2D eigenvalue weighted by Gasteiger charge is 2.29. The zero-order valence-electron chi connectivity index (χ0n) is 14.1. The first-order valence-electron chi connectivity index (χ1n) is 7.99. The molecule has 1 aliphatic rings. The summed E-state index contributed by atoms with van der Waals surface area (Å²) in [7, 11) is 1.63. The Morgan fingerprint density at radius 1 is 1.24 bits per heavy atom. The van der Waals surface area contributed by atoms with Gasteiger partial charge in [0.2, 0.25) is 5.91 Å². The van der Waals surface area contributed by atoms with Crippen molar-refractivity contribution in [2.45, 2.75) is 12.6 Å².